The number of carbonyl (C=O) groups excluding carboxylic acids is 2. The number of hydrogen-bond acceptors (Lipinski definition) is 4. The Hall–Kier alpha value is -2.83. The second kappa shape index (κ2) is 8.90. The molecule has 7 heteroatoms. The van der Waals surface area contributed by atoms with E-state index in [-0.39, 0.29) is 23.5 Å². The Balaban J connectivity index is 1.30. The van der Waals surface area contributed by atoms with Gasteiger partial charge in [0.25, 0.3) is 0 Å². The van der Waals surface area contributed by atoms with Gasteiger partial charge in [-0.25, -0.2) is 14.4 Å². The lowest BCUT2D eigenvalue weighted by atomic mass is 9.96. The second-order valence-electron chi connectivity index (χ2n) is 8.18. The summed E-state index contributed by atoms with van der Waals surface area (Å²) in [7, 11) is 0. The summed E-state index contributed by atoms with van der Waals surface area (Å²) in [5.41, 5.74) is 4.22. The maximum Gasteiger partial charge on any atom is 0.224 e. The largest absolute Gasteiger partial charge is 0.355 e. The van der Waals surface area contributed by atoms with Crippen LogP contribution < -0.4 is 5.32 Å². The molecular formula is C23H27FN4O2. The summed E-state index contributed by atoms with van der Waals surface area (Å²) in [6.07, 6.45) is 4.68. The first-order valence-electron chi connectivity index (χ1n) is 10.6. The highest BCUT2D eigenvalue weighted by Crippen LogP contribution is 2.23. The lowest BCUT2D eigenvalue weighted by Crippen LogP contribution is -2.45. The predicted molar refractivity (Wildman–Crippen MR) is 110 cm³/mol. The Morgan fingerprint density at radius 3 is 2.97 bits per heavy atom. The van der Waals surface area contributed by atoms with Gasteiger partial charge in [-0.05, 0) is 55.9 Å². The molecule has 0 radical (unpaired) electrons. The van der Waals surface area contributed by atoms with Gasteiger partial charge in [0.2, 0.25) is 11.8 Å². The zero-order chi connectivity index (χ0) is 21.1. The van der Waals surface area contributed by atoms with Crippen molar-refractivity contribution in [2.45, 2.75) is 52.0 Å². The van der Waals surface area contributed by atoms with Gasteiger partial charge in [-0.2, -0.15) is 0 Å². The van der Waals surface area contributed by atoms with Crippen molar-refractivity contribution in [2.24, 2.45) is 5.92 Å². The van der Waals surface area contributed by atoms with Crippen LogP contribution in [0.5, 0.6) is 0 Å². The molecule has 30 heavy (non-hydrogen) atoms. The maximum absolute atomic E-state index is 13.4. The number of rotatable bonds is 6. The van der Waals surface area contributed by atoms with Crippen molar-refractivity contribution in [1.82, 2.24) is 20.2 Å². The van der Waals surface area contributed by atoms with Crippen molar-refractivity contribution >= 4 is 11.8 Å². The number of nitrogens with one attached hydrogen (secondary N) is 1. The van der Waals surface area contributed by atoms with Crippen LogP contribution in [0.2, 0.25) is 0 Å². The number of amides is 2. The fraction of sp³-hybridized carbons (Fsp3) is 0.478. The summed E-state index contributed by atoms with van der Waals surface area (Å²) in [4.78, 5) is 35.8. The third-order valence-electron chi connectivity index (χ3n) is 5.97. The highest BCUT2D eigenvalue weighted by atomic mass is 19.1. The Kier molecular flexibility index (Phi) is 6.06. The fourth-order valence-electron chi connectivity index (χ4n) is 4.37. The van der Waals surface area contributed by atoms with Crippen LogP contribution in [0.15, 0.2) is 24.3 Å². The fourth-order valence-corrected chi connectivity index (χ4v) is 4.37. The number of hydrogen-bond donors (Lipinski definition) is 1. The van der Waals surface area contributed by atoms with E-state index in [0.29, 0.717) is 38.9 Å². The van der Waals surface area contributed by atoms with E-state index in [1.165, 1.54) is 17.7 Å². The molecule has 4 rings (SSSR count). The molecule has 6 nitrogen and oxygen atoms in total. The molecule has 2 heterocycles. The van der Waals surface area contributed by atoms with E-state index in [4.69, 9.17) is 0 Å². The normalized spacial score (nSPS) is 18.4. The molecule has 1 aromatic carbocycles. The van der Waals surface area contributed by atoms with Gasteiger partial charge in [0.1, 0.15) is 11.6 Å². The second-order valence-corrected chi connectivity index (χ2v) is 8.18. The average Bonchev–Trinajstić information content (AvgIpc) is 3.19. The van der Waals surface area contributed by atoms with Crippen molar-refractivity contribution < 1.29 is 14.0 Å². The van der Waals surface area contributed by atoms with Crippen molar-refractivity contribution in [2.75, 3.05) is 13.1 Å². The van der Waals surface area contributed by atoms with Crippen molar-refractivity contribution in [3.63, 3.8) is 0 Å². The highest BCUT2D eigenvalue weighted by Gasteiger charge is 2.30. The van der Waals surface area contributed by atoms with Crippen molar-refractivity contribution in [3.05, 3.63) is 58.4 Å². The smallest absolute Gasteiger partial charge is 0.224 e. The summed E-state index contributed by atoms with van der Waals surface area (Å²) in [5.74, 6) is 0.157. The minimum Gasteiger partial charge on any atom is -0.355 e. The van der Waals surface area contributed by atoms with Crippen LogP contribution in [0.4, 0.5) is 4.39 Å². The lowest BCUT2D eigenvalue weighted by molar-refractivity contribution is -0.138. The number of piperidine rings is 1. The molecule has 1 saturated heterocycles. The monoisotopic (exact) mass is 410 g/mol. The third-order valence-corrected chi connectivity index (χ3v) is 5.97. The van der Waals surface area contributed by atoms with E-state index in [1.54, 1.807) is 17.0 Å². The van der Waals surface area contributed by atoms with Gasteiger partial charge < -0.3 is 10.2 Å². The number of aromatic nitrogens is 2. The third kappa shape index (κ3) is 4.66. The zero-order valence-electron chi connectivity index (χ0n) is 17.3. The first-order valence-corrected chi connectivity index (χ1v) is 10.6. The Labute approximate surface area is 175 Å². The Morgan fingerprint density at radius 1 is 1.27 bits per heavy atom. The Bertz CT molecular complexity index is 962. The van der Waals surface area contributed by atoms with E-state index in [1.807, 2.05) is 6.92 Å². The summed E-state index contributed by atoms with van der Waals surface area (Å²) in [6.45, 7) is 3.18. The van der Waals surface area contributed by atoms with E-state index in [0.717, 1.165) is 42.0 Å². The molecule has 1 fully saturated rings. The van der Waals surface area contributed by atoms with Crippen molar-refractivity contribution in [3.8, 4) is 0 Å². The SMILES string of the molecule is Cc1nc(CCNC(=O)C2CCC(=O)N(Cc3cccc(F)c3)C2)nc2c1CCC2. The van der Waals surface area contributed by atoms with Gasteiger partial charge in [-0.1, -0.05) is 12.1 Å². The number of nitrogens with zero attached hydrogens (tertiary/aromatic N) is 3. The van der Waals surface area contributed by atoms with E-state index in [9.17, 15) is 14.0 Å². The van der Waals surface area contributed by atoms with Crippen LogP contribution in [-0.2, 0) is 35.4 Å². The van der Waals surface area contributed by atoms with Crippen LogP contribution in [0.3, 0.4) is 0 Å². The van der Waals surface area contributed by atoms with E-state index >= 15 is 0 Å². The molecule has 1 unspecified atom stereocenters. The molecule has 1 aliphatic heterocycles. The average molecular weight is 410 g/mol. The maximum atomic E-state index is 13.4. The topological polar surface area (TPSA) is 75.2 Å². The number of likely N-dealkylation sites (tertiary alicyclic amines) is 1. The molecule has 0 saturated carbocycles. The number of carbonyl (C=O) groups is 2. The molecule has 1 atom stereocenters. The molecule has 2 amide bonds. The van der Waals surface area contributed by atoms with Gasteiger partial charge in [0.05, 0.1) is 5.92 Å². The van der Waals surface area contributed by atoms with Gasteiger partial charge in [0, 0.05) is 43.9 Å². The molecule has 1 aromatic heterocycles. The minimum atomic E-state index is -0.324. The molecule has 1 N–H and O–H groups in total. The molecule has 1 aliphatic carbocycles. The van der Waals surface area contributed by atoms with Gasteiger partial charge in [-0.3, -0.25) is 9.59 Å². The van der Waals surface area contributed by atoms with Crippen LogP contribution >= 0.6 is 0 Å². The minimum absolute atomic E-state index is 0.00493. The molecule has 158 valence electrons. The van der Waals surface area contributed by atoms with Gasteiger partial charge in [0.15, 0.2) is 0 Å². The summed E-state index contributed by atoms with van der Waals surface area (Å²) < 4.78 is 13.4. The van der Waals surface area contributed by atoms with E-state index in [2.05, 4.69) is 15.3 Å². The molecule has 0 bridgehead atoms. The Morgan fingerprint density at radius 2 is 2.13 bits per heavy atom. The quantitative estimate of drug-likeness (QED) is 0.794. The van der Waals surface area contributed by atoms with Crippen LogP contribution in [0.1, 0.15) is 47.6 Å². The zero-order valence-corrected chi connectivity index (χ0v) is 17.3. The van der Waals surface area contributed by atoms with Crippen LogP contribution in [0.25, 0.3) is 0 Å². The molecule has 0 spiro atoms. The summed E-state index contributed by atoms with van der Waals surface area (Å²) in [6, 6.07) is 6.23. The lowest BCUT2D eigenvalue weighted by Gasteiger charge is -2.32. The number of aryl methyl sites for hydroxylation is 2. The molecule has 2 aromatic rings. The standard InChI is InChI=1S/C23H27FN4O2/c1-15-19-6-3-7-20(19)27-21(26-15)10-11-25-23(30)17-8-9-22(29)28(14-17)13-16-4-2-5-18(24)12-16/h2,4-5,12,17H,3,6-11,13-14H2,1H3,(H,25,30). The summed E-state index contributed by atoms with van der Waals surface area (Å²) >= 11 is 0. The molecular weight excluding hydrogens is 383 g/mol. The van der Waals surface area contributed by atoms with Crippen LogP contribution in [0, 0.1) is 18.7 Å². The van der Waals surface area contributed by atoms with Crippen LogP contribution in [-0.4, -0.2) is 39.8 Å². The van der Waals surface area contributed by atoms with Crippen molar-refractivity contribution in [1.29, 1.82) is 0 Å². The van der Waals surface area contributed by atoms with Gasteiger partial charge >= 0.3 is 0 Å². The highest BCUT2D eigenvalue weighted by molar-refractivity contribution is 5.83. The summed E-state index contributed by atoms with van der Waals surface area (Å²) in [5, 5.41) is 2.98. The number of halogens is 1. The van der Waals surface area contributed by atoms with Gasteiger partial charge in [-0.15, -0.1) is 0 Å². The molecule has 2 aliphatic rings. The first kappa shape index (κ1) is 20.4. The van der Waals surface area contributed by atoms with E-state index < -0.39 is 0 Å². The number of fused-ring (bicyclic) bond motifs is 1. The number of benzene rings is 1. The predicted octanol–water partition coefficient (Wildman–Crippen LogP) is 2.51. The first-order chi connectivity index (χ1) is 14.5.